The fraction of sp³-hybridized carbons (Fsp3) is 0. The van der Waals surface area contributed by atoms with E-state index in [1.54, 1.807) is 6.20 Å². The summed E-state index contributed by atoms with van der Waals surface area (Å²) in [6, 6.07) is 14.3. The van der Waals surface area contributed by atoms with E-state index in [9.17, 15) is 0 Å². The maximum Gasteiger partial charge on any atom is 0.172 e. The number of nitrogens with zero attached hydrogens (tertiary/aromatic N) is 1. The van der Waals surface area contributed by atoms with E-state index < -0.39 is 0 Å². The molecule has 0 aliphatic carbocycles. The molecule has 0 atom stereocenters. The van der Waals surface area contributed by atoms with Gasteiger partial charge in [0.25, 0.3) is 0 Å². The van der Waals surface area contributed by atoms with Crippen LogP contribution in [0, 0.1) is 0 Å². The lowest BCUT2D eigenvalue weighted by Crippen LogP contribution is -1.73. The van der Waals surface area contributed by atoms with E-state index in [-0.39, 0.29) is 0 Å². The van der Waals surface area contributed by atoms with Gasteiger partial charge in [0.15, 0.2) is 10.7 Å². The maximum atomic E-state index is 6.07. The molecule has 2 aromatic carbocycles. The number of hydrogen-bond donors (Lipinski definition) is 0. The van der Waals surface area contributed by atoms with Crippen LogP contribution in [0.25, 0.3) is 32.7 Å². The lowest BCUT2D eigenvalue weighted by molar-refractivity contribution is 0.671. The van der Waals surface area contributed by atoms with Crippen LogP contribution in [0.4, 0.5) is 0 Å². The Morgan fingerprint density at radius 1 is 0.833 bits per heavy atom. The molecule has 0 aliphatic heterocycles. The van der Waals surface area contributed by atoms with Crippen LogP contribution in [0.15, 0.2) is 53.1 Å². The first-order chi connectivity index (χ1) is 8.84. The first kappa shape index (κ1) is 9.92. The van der Waals surface area contributed by atoms with Gasteiger partial charge in [-0.2, -0.15) is 0 Å². The molecule has 4 aromatic rings. The molecule has 2 heterocycles. The highest BCUT2D eigenvalue weighted by Gasteiger charge is 2.12. The molecule has 2 aromatic heterocycles. The topological polar surface area (TPSA) is 26.0 Å². The second-order valence-corrected chi connectivity index (χ2v) is 4.60. The Kier molecular flexibility index (Phi) is 1.91. The van der Waals surface area contributed by atoms with Crippen LogP contribution < -0.4 is 0 Å². The van der Waals surface area contributed by atoms with Crippen LogP contribution in [0.1, 0.15) is 0 Å². The molecule has 0 aliphatic rings. The summed E-state index contributed by atoms with van der Waals surface area (Å²) >= 11 is 6.07. The number of halogens is 1. The fourth-order valence-electron chi connectivity index (χ4n) is 2.40. The standard InChI is InChI=1S/C15H8ClNO/c16-15-14-12(7-8-17-15)11-6-5-9-3-1-2-4-10(9)13(11)18-14/h1-8H. The predicted molar refractivity (Wildman–Crippen MR) is 74.0 cm³/mol. The monoisotopic (exact) mass is 253 g/mol. The number of fused-ring (bicyclic) bond motifs is 5. The molecular weight excluding hydrogens is 246 g/mol. The van der Waals surface area contributed by atoms with Crippen LogP contribution >= 0.6 is 11.6 Å². The summed E-state index contributed by atoms with van der Waals surface area (Å²) in [6.45, 7) is 0. The number of benzene rings is 2. The summed E-state index contributed by atoms with van der Waals surface area (Å²) in [4.78, 5) is 4.05. The summed E-state index contributed by atoms with van der Waals surface area (Å²) < 4.78 is 5.90. The van der Waals surface area contributed by atoms with Gasteiger partial charge in [-0.1, -0.05) is 41.9 Å². The van der Waals surface area contributed by atoms with Gasteiger partial charge in [0.05, 0.1) is 0 Å². The number of aromatic nitrogens is 1. The van der Waals surface area contributed by atoms with Crippen molar-refractivity contribution in [3.8, 4) is 0 Å². The van der Waals surface area contributed by atoms with Gasteiger partial charge in [0.2, 0.25) is 0 Å². The Labute approximate surface area is 108 Å². The molecule has 0 saturated carbocycles. The van der Waals surface area contributed by atoms with Gasteiger partial charge in [-0.05, 0) is 17.5 Å². The van der Waals surface area contributed by atoms with Crippen molar-refractivity contribution in [2.24, 2.45) is 0 Å². The highest BCUT2D eigenvalue weighted by Crippen LogP contribution is 2.35. The quantitative estimate of drug-likeness (QED) is 0.421. The van der Waals surface area contributed by atoms with Crippen LogP contribution in [0.2, 0.25) is 5.15 Å². The third-order valence-electron chi connectivity index (χ3n) is 3.23. The third kappa shape index (κ3) is 1.21. The lowest BCUT2D eigenvalue weighted by Gasteiger charge is -1.96. The largest absolute Gasteiger partial charge is 0.452 e. The Bertz CT molecular complexity index is 895. The molecule has 4 rings (SSSR count). The highest BCUT2D eigenvalue weighted by atomic mass is 35.5. The molecule has 0 spiro atoms. The Hall–Kier alpha value is -2.06. The van der Waals surface area contributed by atoms with E-state index in [0.29, 0.717) is 10.7 Å². The molecule has 0 unspecified atom stereocenters. The minimum atomic E-state index is 0.410. The van der Waals surface area contributed by atoms with Gasteiger partial charge in [-0.25, -0.2) is 4.98 Å². The Morgan fingerprint density at radius 3 is 2.61 bits per heavy atom. The summed E-state index contributed by atoms with van der Waals surface area (Å²) in [5, 5.41) is 4.76. The fourth-order valence-corrected chi connectivity index (χ4v) is 2.60. The minimum Gasteiger partial charge on any atom is -0.452 e. The third-order valence-corrected chi connectivity index (χ3v) is 3.50. The zero-order valence-corrected chi connectivity index (χ0v) is 10.1. The molecule has 0 radical (unpaired) electrons. The highest BCUT2D eigenvalue weighted by molar-refractivity contribution is 6.34. The summed E-state index contributed by atoms with van der Waals surface area (Å²) in [7, 11) is 0. The van der Waals surface area contributed by atoms with Crippen molar-refractivity contribution in [3.05, 3.63) is 53.8 Å². The molecule has 3 heteroatoms. The zero-order chi connectivity index (χ0) is 12.1. The molecule has 18 heavy (non-hydrogen) atoms. The maximum absolute atomic E-state index is 6.07. The van der Waals surface area contributed by atoms with E-state index in [1.165, 1.54) is 0 Å². The number of rotatable bonds is 0. The first-order valence-corrected chi connectivity index (χ1v) is 6.07. The van der Waals surface area contributed by atoms with E-state index >= 15 is 0 Å². The van der Waals surface area contributed by atoms with Gasteiger partial charge < -0.3 is 4.42 Å². The van der Waals surface area contributed by atoms with Crippen molar-refractivity contribution in [3.63, 3.8) is 0 Å². The normalized spacial score (nSPS) is 11.6. The van der Waals surface area contributed by atoms with Crippen LogP contribution in [0.5, 0.6) is 0 Å². The molecule has 0 amide bonds. The molecule has 0 N–H and O–H groups in total. The predicted octanol–water partition coefficient (Wildman–Crippen LogP) is 4.79. The molecule has 0 fully saturated rings. The average molecular weight is 254 g/mol. The Balaban J connectivity index is 2.33. The first-order valence-electron chi connectivity index (χ1n) is 5.69. The van der Waals surface area contributed by atoms with Crippen molar-refractivity contribution in [1.29, 1.82) is 0 Å². The van der Waals surface area contributed by atoms with Crippen LogP contribution in [-0.2, 0) is 0 Å². The van der Waals surface area contributed by atoms with Crippen molar-refractivity contribution in [2.45, 2.75) is 0 Å². The lowest BCUT2D eigenvalue weighted by atomic mass is 10.1. The van der Waals surface area contributed by atoms with Crippen molar-refractivity contribution in [1.82, 2.24) is 4.98 Å². The Morgan fingerprint density at radius 2 is 1.67 bits per heavy atom. The summed E-state index contributed by atoms with van der Waals surface area (Å²) in [5.74, 6) is 0. The van der Waals surface area contributed by atoms with Crippen molar-refractivity contribution < 1.29 is 4.42 Å². The molecule has 0 bridgehead atoms. The van der Waals surface area contributed by atoms with Gasteiger partial charge in [0.1, 0.15) is 5.58 Å². The molecule has 0 saturated heterocycles. The smallest absolute Gasteiger partial charge is 0.172 e. The summed E-state index contributed by atoms with van der Waals surface area (Å²) in [5.41, 5.74) is 1.53. The second kappa shape index (κ2) is 3.47. The van der Waals surface area contributed by atoms with E-state index in [1.807, 2.05) is 18.2 Å². The van der Waals surface area contributed by atoms with Gasteiger partial charge >= 0.3 is 0 Å². The number of pyridine rings is 1. The number of furan rings is 1. The average Bonchev–Trinajstić information content (AvgIpc) is 2.79. The van der Waals surface area contributed by atoms with Gasteiger partial charge in [-0.3, -0.25) is 0 Å². The minimum absolute atomic E-state index is 0.410. The van der Waals surface area contributed by atoms with Gasteiger partial charge in [-0.15, -0.1) is 0 Å². The van der Waals surface area contributed by atoms with E-state index in [2.05, 4.69) is 29.2 Å². The molecule has 86 valence electrons. The second-order valence-electron chi connectivity index (χ2n) is 4.24. The van der Waals surface area contributed by atoms with Crippen molar-refractivity contribution >= 4 is 44.3 Å². The van der Waals surface area contributed by atoms with Crippen LogP contribution in [-0.4, -0.2) is 4.98 Å². The number of hydrogen-bond acceptors (Lipinski definition) is 2. The molecular formula is C15H8ClNO. The van der Waals surface area contributed by atoms with Crippen LogP contribution in [0.3, 0.4) is 0 Å². The molecule has 2 nitrogen and oxygen atoms in total. The van der Waals surface area contributed by atoms with Crippen molar-refractivity contribution in [2.75, 3.05) is 0 Å². The van der Waals surface area contributed by atoms with E-state index in [4.69, 9.17) is 16.0 Å². The SMILES string of the molecule is Clc1nccc2c1oc1c3ccccc3ccc21. The zero-order valence-electron chi connectivity index (χ0n) is 9.35. The van der Waals surface area contributed by atoms with Gasteiger partial charge in [0, 0.05) is 22.4 Å². The van der Waals surface area contributed by atoms with E-state index in [0.717, 1.165) is 27.1 Å². The summed E-state index contributed by atoms with van der Waals surface area (Å²) in [6.07, 6.45) is 1.70.